The van der Waals surface area contributed by atoms with Crippen LogP contribution in [0.5, 0.6) is 0 Å². The van der Waals surface area contributed by atoms with Gasteiger partial charge < -0.3 is 10.0 Å². The molecule has 0 bridgehead atoms. The fourth-order valence-electron chi connectivity index (χ4n) is 2.50. The molecule has 18 heavy (non-hydrogen) atoms. The summed E-state index contributed by atoms with van der Waals surface area (Å²) in [6.07, 6.45) is 3.49. The molecule has 2 aromatic rings. The minimum atomic E-state index is -0.697. The van der Waals surface area contributed by atoms with Gasteiger partial charge in [-0.25, -0.2) is 4.98 Å². The molecule has 1 saturated heterocycles. The Balaban J connectivity index is 1.94. The van der Waals surface area contributed by atoms with Crippen LogP contribution in [0.4, 0.5) is 5.82 Å². The van der Waals surface area contributed by atoms with Crippen molar-refractivity contribution in [3.05, 3.63) is 23.7 Å². The zero-order valence-electron chi connectivity index (χ0n) is 9.87. The van der Waals surface area contributed by atoms with E-state index in [0.29, 0.717) is 6.54 Å². The lowest BCUT2D eigenvalue weighted by Gasteiger charge is -2.31. The van der Waals surface area contributed by atoms with Gasteiger partial charge in [0.05, 0.1) is 5.92 Å². The number of pyridine rings is 1. The van der Waals surface area contributed by atoms with Crippen LogP contribution in [-0.4, -0.2) is 29.1 Å². The number of thiophene rings is 1. The summed E-state index contributed by atoms with van der Waals surface area (Å²) in [6, 6.07) is 4.06. The van der Waals surface area contributed by atoms with Gasteiger partial charge in [-0.3, -0.25) is 4.79 Å². The summed E-state index contributed by atoms with van der Waals surface area (Å²) in [5.74, 6) is -0.0358. The number of carbonyl (C=O) groups is 1. The number of carboxylic acid groups (broad SMARTS) is 1. The Morgan fingerprint density at radius 1 is 1.50 bits per heavy atom. The minimum absolute atomic E-state index is 0.269. The molecule has 1 unspecified atom stereocenters. The Morgan fingerprint density at radius 2 is 2.39 bits per heavy atom. The molecule has 1 aliphatic heterocycles. The lowest BCUT2D eigenvalue weighted by molar-refractivity contribution is -0.141. The van der Waals surface area contributed by atoms with E-state index in [4.69, 9.17) is 5.11 Å². The number of fused-ring (bicyclic) bond motifs is 1. The SMILES string of the molecule is O=C(O)C1CCCN(c2nccc3sccc23)C1. The summed E-state index contributed by atoms with van der Waals surface area (Å²) in [5, 5.41) is 12.3. The van der Waals surface area contributed by atoms with Crippen molar-refractivity contribution in [3.8, 4) is 0 Å². The van der Waals surface area contributed by atoms with Crippen LogP contribution in [0.2, 0.25) is 0 Å². The lowest BCUT2D eigenvalue weighted by atomic mass is 9.98. The molecule has 1 atom stereocenters. The molecule has 0 amide bonds. The molecule has 3 heterocycles. The van der Waals surface area contributed by atoms with Crippen molar-refractivity contribution in [1.82, 2.24) is 4.98 Å². The van der Waals surface area contributed by atoms with Crippen molar-refractivity contribution in [1.29, 1.82) is 0 Å². The van der Waals surface area contributed by atoms with E-state index in [0.717, 1.165) is 30.6 Å². The largest absolute Gasteiger partial charge is 0.481 e. The number of piperidine rings is 1. The van der Waals surface area contributed by atoms with Crippen LogP contribution in [-0.2, 0) is 4.79 Å². The molecular weight excluding hydrogens is 248 g/mol. The van der Waals surface area contributed by atoms with E-state index in [1.54, 1.807) is 17.5 Å². The highest BCUT2D eigenvalue weighted by Gasteiger charge is 2.26. The normalized spacial score (nSPS) is 20.2. The highest BCUT2D eigenvalue weighted by Crippen LogP contribution is 2.31. The summed E-state index contributed by atoms with van der Waals surface area (Å²) in [7, 11) is 0. The molecule has 3 rings (SSSR count). The second kappa shape index (κ2) is 4.57. The van der Waals surface area contributed by atoms with Crippen molar-refractivity contribution in [2.75, 3.05) is 18.0 Å². The summed E-state index contributed by atoms with van der Waals surface area (Å²) in [5.41, 5.74) is 0. The maximum atomic E-state index is 11.1. The molecule has 1 aliphatic rings. The van der Waals surface area contributed by atoms with Gasteiger partial charge in [0.15, 0.2) is 0 Å². The smallest absolute Gasteiger partial charge is 0.308 e. The van der Waals surface area contributed by atoms with E-state index in [1.165, 1.54) is 4.70 Å². The number of rotatable bonds is 2. The Labute approximate surface area is 109 Å². The summed E-state index contributed by atoms with van der Waals surface area (Å²) in [4.78, 5) is 17.6. The van der Waals surface area contributed by atoms with Crippen LogP contribution in [0.15, 0.2) is 23.7 Å². The predicted molar refractivity (Wildman–Crippen MR) is 72.2 cm³/mol. The first-order chi connectivity index (χ1) is 8.75. The maximum Gasteiger partial charge on any atom is 0.308 e. The van der Waals surface area contributed by atoms with Crippen LogP contribution in [0.25, 0.3) is 10.1 Å². The molecular formula is C13H14N2O2S. The van der Waals surface area contributed by atoms with Crippen LogP contribution in [0.3, 0.4) is 0 Å². The van der Waals surface area contributed by atoms with E-state index in [2.05, 4.69) is 21.3 Å². The van der Waals surface area contributed by atoms with Crippen LogP contribution < -0.4 is 4.90 Å². The Hall–Kier alpha value is -1.62. The molecule has 5 heteroatoms. The molecule has 0 aliphatic carbocycles. The van der Waals surface area contributed by atoms with Crippen molar-refractivity contribution in [3.63, 3.8) is 0 Å². The second-order valence-corrected chi connectivity index (χ2v) is 5.54. The zero-order chi connectivity index (χ0) is 12.5. The first kappa shape index (κ1) is 11.5. The van der Waals surface area contributed by atoms with Crippen LogP contribution in [0.1, 0.15) is 12.8 Å². The third-order valence-electron chi connectivity index (χ3n) is 3.43. The number of carboxylic acids is 1. The van der Waals surface area contributed by atoms with Crippen molar-refractivity contribution in [2.24, 2.45) is 5.92 Å². The number of anilines is 1. The van der Waals surface area contributed by atoms with Gasteiger partial charge in [-0.15, -0.1) is 11.3 Å². The molecule has 0 aromatic carbocycles. The number of hydrogen-bond acceptors (Lipinski definition) is 4. The third-order valence-corrected chi connectivity index (χ3v) is 4.31. The third kappa shape index (κ3) is 1.95. The Morgan fingerprint density at radius 3 is 3.22 bits per heavy atom. The number of hydrogen-bond donors (Lipinski definition) is 1. The van der Waals surface area contributed by atoms with E-state index < -0.39 is 5.97 Å². The van der Waals surface area contributed by atoms with E-state index in [1.807, 2.05) is 6.07 Å². The van der Waals surface area contributed by atoms with Gasteiger partial charge in [-0.2, -0.15) is 0 Å². The average Bonchev–Trinajstić information content (AvgIpc) is 2.87. The van der Waals surface area contributed by atoms with Crippen LogP contribution >= 0.6 is 11.3 Å². The summed E-state index contributed by atoms with van der Waals surface area (Å²) in [6.45, 7) is 1.46. The summed E-state index contributed by atoms with van der Waals surface area (Å²) >= 11 is 1.69. The average molecular weight is 262 g/mol. The quantitative estimate of drug-likeness (QED) is 0.904. The van der Waals surface area contributed by atoms with Gasteiger partial charge >= 0.3 is 5.97 Å². The minimum Gasteiger partial charge on any atom is -0.481 e. The maximum absolute atomic E-state index is 11.1. The van der Waals surface area contributed by atoms with Gasteiger partial charge in [0, 0.05) is 29.4 Å². The molecule has 4 nitrogen and oxygen atoms in total. The van der Waals surface area contributed by atoms with E-state index >= 15 is 0 Å². The monoisotopic (exact) mass is 262 g/mol. The van der Waals surface area contributed by atoms with Gasteiger partial charge in [0.2, 0.25) is 0 Å². The van der Waals surface area contributed by atoms with E-state index in [9.17, 15) is 4.79 Å². The van der Waals surface area contributed by atoms with E-state index in [-0.39, 0.29) is 5.92 Å². The Kier molecular flexibility index (Phi) is 2.91. The van der Waals surface area contributed by atoms with Crippen molar-refractivity contribution < 1.29 is 9.90 Å². The highest BCUT2D eigenvalue weighted by molar-refractivity contribution is 7.17. The molecule has 0 spiro atoms. The zero-order valence-corrected chi connectivity index (χ0v) is 10.7. The molecule has 1 fully saturated rings. The molecule has 94 valence electrons. The number of nitrogens with zero attached hydrogens (tertiary/aromatic N) is 2. The molecule has 0 saturated carbocycles. The van der Waals surface area contributed by atoms with Crippen LogP contribution in [0, 0.1) is 5.92 Å². The van der Waals surface area contributed by atoms with Crippen molar-refractivity contribution in [2.45, 2.75) is 12.8 Å². The highest BCUT2D eigenvalue weighted by atomic mass is 32.1. The molecule has 0 radical (unpaired) electrons. The molecule has 2 aromatic heterocycles. The van der Waals surface area contributed by atoms with Gasteiger partial charge in [-0.05, 0) is 30.4 Å². The lowest BCUT2D eigenvalue weighted by Crippen LogP contribution is -2.39. The fraction of sp³-hybridized carbons (Fsp3) is 0.385. The first-order valence-electron chi connectivity index (χ1n) is 6.05. The van der Waals surface area contributed by atoms with Gasteiger partial charge in [0.1, 0.15) is 5.82 Å². The standard InChI is InChI=1S/C13H14N2O2S/c16-13(17)9-2-1-6-15(8-9)12-10-4-7-18-11(10)3-5-14-12/h3-5,7,9H,1-2,6,8H2,(H,16,17). The second-order valence-electron chi connectivity index (χ2n) is 4.59. The predicted octanol–water partition coefficient (Wildman–Crippen LogP) is 2.60. The summed E-state index contributed by atoms with van der Waals surface area (Å²) < 4.78 is 1.21. The van der Waals surface area contributed by atoms with Crippen molar-refractivity contribution >= 4 is 33.2 Å². The molecule has 1 N–H and O–H groups in total. The van der Waals surface area contributed by atoms with Gasteiger partial charge in [-0.1, -0.05) is 0 Å². The Bertz CT molecular complexity index is 581. The number of aromatic nitrogens is 1. The van der Waals surface area contributed by atoms with Gasteiger partial charge in [0.25, 0.3) is 0 Å². The fourth-order valence-corrected chi connectivity index (χ4v) is 3.28. The number of aliphatic carboxylic acids is 1. The topological polar surface area (TPSA) is 53.4 Å². The first-order valence-corrected chi connectivity index (χ1v) is 6.93.